The Morgan fingerprint density at radius 2 is 2.24 bits per heavy atom. The molecule has 92 valence electrons. The predicted octanol–water partition coefficient (Wildman–Crippen LogP) is 0.628. The summed E-state index contributed by atoms with van der Waals surface area (Å²) in [6.45, 7) is 2.28. The van der Waals surface area contributed by atoms with Gasteiger partial charge >= 0.3 is 0 Å². The van der Waals surface area contributed by atoms with E-state index in [2.05, 4.69) is 23.1 Å². The minimum Gasteiger partial charge on any atom is -0.493 e. The maximum Gasteiger partial charge on any atom is 0.241 e. The number of hydrogen-bond donors (Lipinski definition) is 3. The van der Waals surface area contributed by atoms with Crippen molar-refractivity contribution in [2.75, 3.05) is 6.61 Å². The molecule has 0 aromatic heterocycles. The van der Waals surface area contributed by atoms with Crippen molar-refractivity contribution in [1.29, 1.82) is 0 Å². The monoisotopic (exact) mass is 253 g/mol. The molecule has 5 nitrogen and oxygen atoms in total. The number of carbonyl (C=O) groups excluding carboxylic acids is 1. The van der Waals surface area contributed by atoms with Crippen molar-refractivity contribution in [2.45, 2.75) is 13.3 Å². The lowest BCUT2D eigenvalue weighted by atomic mass is 10.2. The molecule has 0 fully saturated rings. The third kappa shape index (κ3) is 5.72. The molecule has 1 aromatic rings. The van der Waals surface area contributed by atoms with Crippen molar-refractivity contribution in [3.63, 3.8) is 0 Å². The second kappa shape index (κ2) is 6.70. The first kappa shape index (κ1) is 13.2. The van der Waals surface area contributed by atoms with E-state index in [1.807, 2.05) is 31.2 Å². The van der Waals surface area contributed by atoms with Gasteiger partial charge in [0.25, 0.3) is 0 Å². The SMILES string of the molecule is Cc1cccc(OCCC(=O)NNC(N)=S)c1. The van der Waals surface area contributed by atoms with Crippen LogP contribution in [0.2, 0.25) is 0 Å². The lowest BCUT2D eigenvalue weighted by Gasteiger charge is -2.08. The van der Waals surface area contributed by atoms with Gasteiger partial charge in [0.05, 0.1) is 13.0 Å². The minimum atomic E-state index is -0.231. The smallest absolute Gasteiger partial charge is 0.241 e. The molecular formula is C11H15N3O2S. The highest BCUT2D eigenvalue weighted by atomic mass is 32.1. The van der Waals surface area contributed by atoms with Crippen molar-refractivity contribution >= 4 is 23.2 Å². The van der Waals surface area contributed by atoms with E-state index in [0.29, 0.717) is 6.61 Å². The van der Waals surface area contributed by atoms with Crippen LogP contribution >= 0.6 is 12.2 Å². The van der Waals surface area contributed by atoms with Crippen LogP contribution in [0.4, 0.5) is 0 Å². The molecule has 4 N–H and O–H groups in total. The van der Waals surface area contributed by atoms with Crippen LogP contribution in [0.3, 0.4) is 0 Å². The van der Waals surface area contributed by atoms with E-state index in [4.69, 9.17) is 10.5 Å². The topological polar surface area (TPSA) is 76.4 Å². The number of hydrogen-bond acceptors (Lipinski definition) is 3. The summed E-state index contributed by atoms with van der Waals surface area (Å²) in [6, 6.07) is 7.63. The number of carbonyl (C=O) groups is 1. The summed E-state index contributed by atoms with van der Waals surface area (Å²) >= 11 is 4.54. The quantitative estimate of drug-likeness (QED) is 0.542. The zero-order valence-corrected chi connectivity index (χ0v) is 10.3. The number of nitrogens with one attached hydrogen (secondary N) is 2. The van der Waals surface area contributed by atoms with Gasteiger partial charge in [-0.3, -0.25) is 15.6 Å². The molecule has 0 aliphatic carbocycles. The molecule has 17 heavy (non-hydrogen) atoms. The third-order valence-corrected chi connectivity index (χ3v) is 2.01. The van der Waals surface area contributed by atoms with E-state index in [1.54, 1.807) is 0 Å². The number of benzene rings is 1. The van der Waals surface area contributed by atoms with E-state index in [9.17, 15) is 4.79 Å². The van der Waals surface area contributed by atoms with Crippen LogP contribution in [0, 0.1) is 6.92 Å². The summed E-state index contributed by atoms with van der Waals surface area (Å²) in [5, 5.41) is 0.0259. The second-order valence-electron chi connectivity index (χ2n) is 3.45. The molecule has 0 saturated carbocycles. The van der Waals surface area contributed by atoms with E-state index in [1.165, 1.54) is 0 Å². The minimum absolute atomic E-state index is 0.0259. The van der Waals surface area contributed by atoms with Crippen LogP contribution in [0.25, 0.3) is 0 Å². The Labute approximate surface area is 105 Å². The highest BCUT2D eigenvalue weighted by Gasteiger charge is 2.01. The summed E-state index contributed by atoms with van der Waals surface area (Å²) in [5.74, 6) is 0.519. The molecule has 6 heteroatoms. The molecule has 0 spiro atoms. The Bertz CT molecular complexity index is 409. The van der Waals surface area contributed by atoms with Crippen LogP contribution in [0.15, 0.2) is 24.3 Å². The summed E-state index contributed by atoms with van der Waals surface area (Å²) in [4.78, 5) is 11.2. The Balaban J connectivity index is 2.23. The summed E-state index contributed by atoms with van der Waals surface area (Å²) in [5.41, 5.74) is 11.0. The van der Waals surface area contributed by atoms with E-state index in [0.717, 1.165) is 11.3 Å². The van der Waals surface area contributed by atoms with Crippen molar-refractivity contribution in [3.8, 4) is 5.75 Å². The first-order chi connectivity index (χ1) is 8.08. The van der Waals surface area contributed by atoms with Gasteiger partial charge < -0.3 is 10.5 Å². The molecule has 1 amide bonds. The predicted molar refractivity (Wildman–Crippen MR) is 69.4 cm³/mol. The lowest BCUT2D eigenvalue weighted by Crippen LogP contribution is -2.44. The van der Waals surface area contributed by atoms with E-state index < -0.39 is 0 Å². The largest absolute Gasteiger partial charge is 0.493 e. The lowest BCUT2D eigenvalue weighted by molar-refractivity contribution is -0.122. The van der Waals surface area contributed by atoms with Crippen LogP contribution in [0.1, 0.15) is 12.0 Å². The number of amides is 1. The Morgan fingerprint density at radius 3 is 2.88 bits per heavy atom. The van der Waals surface area contributed by atoms with Crippen molar-refractivity contribution in [1.82, 2.24) is 10.9 Å². The number of aryl methyl sites for hydroxylation is 1. The number of thiocarbonyl (C=S) groups is 1. The summed E-state index contributed by atoms with van der Waals surface area (Å²) in [7, 11) is 0. The molecule has 0 aliphatic heterocycles. The van der Waals surface area contributed by atoms with Crippen LogP contribution in [0.5, 0.6) is 5.75 Å². The normalized spacial score (nSPS) is 9.47. The van der Waals surface area contributed by atoms with Crippen LogP contribution < -0.4 is 21.3 Å². The maximum absolute atomic E-state index is 11.2. The molecule has 0 bridgehead atoms. The first-order valence-electron chi connectivity index (χ1n) is 5.11. The molecule has 0 saturated heterocycles. The molecule has 1 aromatic carbocycles. The zero-order chi connectivity index (χ0) is 12.7. The average molecular weight is 253 g/mol. The third-order valence-electron chi connectivity index (χ3n) is 1.91. The van der Waals surface area contributed by atoms with Gasteiger partial charge in [-0.1, -0.05) is 12.1 Å². The fourth-order valence-electron chi connectivity index (χ4n) is 1.16. The van der Waals surface area contributed by atoms with Crippen molar-refractivity contribution in [2.24, 2.45) is 5.73 Å². The van der Waals surface area contributed by atoms with Crippen molar-refractivity contribution in [3.05, 3.63) is 29.8 Å². The van der Waals surface area contributed by atoms with Gasteiger partial charge in [-0.2, -0.15) is 0 Å². The van der Waals surface area contributed by atoms with Gasteiger partial charge in [0.2, 0.25) is 5.91 Å². The van der Waals surface area contributed by atoms with E-state index >= 15 is 0 Å². The van der Waals surface area contributed by atoms with Crippen LogP contribution in [-0.4, -0.2) is 17.6 Å². The number of ether oxygens (including phenoxy) is 1. The van der Waals surface area contributed by atoms with Gasteiger partial charge in [-0.25, -0.2) is 0 Å². The highest BCUT2D eigenvalue weighted by molar-refractivity contribution is 7.80. The van der Waals surface area contributed by atoms with Gasteiger partial charge in [0.15, 0.2) is 5.11 Å². The van der Waals surface area contributed by atoms with Gasteiger partial charge in [0, 0.05) is 0 Å². The second-order valence-corrected chi connectivity index (χ2v) is 3.89. The molecule has 1 rings (SSSR count). The molecule has 0 aliphatic rings. The van der Waals surface area contributed by atoms with Crippen LogP contribution in [-0.2, 0) is 4.79 Å². The Morgan fingerprint density at radius 1 is 1.47 bits per heavy atom. The summed E-state index contributed by atoms with van der Waals surface area (Å²) < 4.78 is 5.41. The first-order valence-corrected chi connectivity index (χ1v) is 5.52. The van der Waals surface area contributed by atoms with Crippen molar-refractivity contribution < 1.29 is 9.53 Å². The molecule has 0 heterocycles. The van der Waals surface area contributed by atoms with Gasteiger partial charge in [-0.05, 0) is 36.8 Å². The number of rotatable bonds is 4. The highest BCUT2D eigenvalue weighted by Crippen LogP contribution is 2.12. The zero-order valence-electron chi connectivity index (χ0n) is 9.53. The molecule has 0 atom stereocenters. The average Bonchev–Trinajstić information content (AvgIpc) is 2.26. The summed E-state index contributed by atoms with van der Waals surface area (Å²) in [6.07, 6.45) is 0.226. The maximum atomic E-state index is 11.2. The fourth-order valence-corrected chi connectivity index (χ4v) is 1.21. The van der Waals surface area contributed by atoms with E-state index in [-0.39, 0.29) is 17.4 Å². The molecule has 0 radical (unpaired) electrons. The number of nitrogens with two attached hydrogens (primary N) is 1. The van der Waals surface area contributed by atoms with Gasteiger partial charge in [0.1, 0.15) is 5.75 Å². The van der Waals surface area contributed by atoms with Gasteiger partial charge in [-0.15, -0.1) is 0 Å². The fraction of sp³-hybridized carbons (Fsp3) is 0.273. The Kier molecular flexibility index (Phi) is 5.22. The molecular weight excluding hydrogens is 238 g/mol. The number of hydrazine groups is 1. The standard InChI is InChI=1S/C11H15N3O2S/c1-8-3-2-4-9(7-8)16-6-5-10(15)13-14-11(12)17/h2-4,7H,5-6H2,1H3,(H,13,15)(H3,12,14,17). The Hall–Kier alpha value is -1.82. The molecule has 0 unspecified atom stereocenters.